The van der Waals surface area contributed by atoms with Crippen LogP contribution >= 0.6 is 0 Å². The van der Waals surface area contributed by atoms with Gasteiger partial charge >= 0.3 is 0 Å². The zero-order valence-corrected chi connectivity index (χ0v) is 13.6. The average Bonchev–Trinajstić information content (AvgIpc) is 2.93. The van der Waals surface area contributed by atoms with Gasteiger partial charge in [-0.15, -0.1) is 0 Å². The van der Waals surface area contributed by atoms with Crippen molar-refractivity contribution in [1.82, 2.24) is 10.2 Å². The smallest absolute Gasteiger partial charge is 0.225 e. The Labute approximate surface area is 132 Å². The van der Waals surface area contributed by atoms with Gasteiger partial charge in [-0.3, -0.25) is 4.79 Å². The van der Waals surface area contributed by atoms with E-state index in [4.69, 9.17) is 0 Å². The predicted molar refractivity (Wildman–Crippen MR) is 90.7 cm³/mol. The molecule has 3 heteroatoms. The first kappa shape index (κ1) is 15.0. The van der Waals surface area contributed by atoms with E-state index in [1.54, 1.807) is 0 Å². The Morgan fingerprint density at radius 2 is 1.91 bits per heavy atom. The molecule has 1 aliphatic heterocycles. The molecule has 0 aliphatic carbocycles. The maximum Gasteiger partial charge on any atom is 0.225 e. The van der Waals surface area contributed by atoms with Crippen LogP contribution in [0.4, 0.5) is 0 Å². The first-order chi connectivity index (χ1) is 10.5. The number of fused-ring (bicyclic) bond motifs is 1. The molecule has 1 amide bonds. The lowest BCUT2D eigenvalue weighted by atomic mass is 9.89. The van der Waals surface area contributed by atoms with E-state index in [1.807, 2.05) is 6.07 Å². The van der Waals surface area contributed by atoms with E-state index in [1.165, 1.54) is 16.3 Å². The van der Waals surface area contributed by atoms with E-state index in [0.29, 0.717) is 0 Å². The molecule has 1 saturated heterocycles. The zero-order valence-electron chi connectivity index (χ0n) is 13.6. The summed E-state index contributed by atoms with van der Waals surface area (Å²) in [6, 6.07) is 14.6. The molecule has 1 N–H and O–H groups in total. The van der Waals surface area contributed by atoms with Crippen molar-refractivity contribution in [1.29, 1.82) is 0 Å². The SMILES string of the molecule is CN1CCC(C(=O)NC(C)(C)c2cccc3ccccc23)C1. The van der Waals surface area contributed by atoms with Crippen LogP contribution in [0.1, 0.15) is 25.8 Å². The first-order valence-corrected chi connectivity index (χ1v) is 7.96. The summed E-state index contributed by atoms with van der Waals surface area (Å²) < 4.78 is 0. The minimum Gasteiger partial charge on any atom is -0.347 e. The molecule has 0 bridgehead atoms. The summed E-state index contributed by atoms with van der Waals surface area (Å²) in [5, 5.41) is 5.68. The highest BCUT2D eigenvalue weighted by molar-refractivity contribution is 5.88. The molecule has 0 aromatic heterocycles. The minimum atomic E-state index is -0.376. The third-order valence-corrected chi connectivity index (χ3v) is 4.66. The molecule has 1 fully saturated rings. The van der Waals surface area contributed by atoms with Gasteiger partial charge in [0, 0.05) is 6.54 Å². The number of amides is 1. The molecular formula is C19H24N2O. The van der Waals surface area contributed by atoms with Crippen LogP contribution in [0.15, 0.2) is 42.5 Å². The molecule has 0 saturated carbocycles. The van der Waals surface area contributed by atoms with E-state index in [9.17, 15) is 4.79 Å². The lowest BCUT2D eigenvalue weighted by molar-refractivity contribution is -0.126. The van der Waals surface area contributed by atoms with E-state index < -0.39 is 0 Å². The van der Waals surface area contributed by atoms with E-state index >= 15 is 0 Å². The number of nitrogens with one attached hydrogen (secondary N) is 1. The van der Waals surface area contributed by atoms with Crippen molar-refractivity contribution in [3.63, 3.8) is 0 Å². The summed E-state index contributed by atoms with van der Waals surface area (Å²) in [7, 11) is 2.07. The highest BCUT2D eigenvalue weighted by atomic mass is 16.2. The fraction of sp³-hybridized carbons (Fsp3) is 0.421. The number of nitrogens with zero attached hydrogens (tertiary/aromatic N) is 1. The molecule has 3 nitrogen and oxygen atoms in total. The van der Waals surface area contributed by atoms with Gasteiger partial charge in [-0.25, -0.2) is 0 Å². The van der Waals surface area contributed by atoms with Crippen molar-refractivity contribution in [3.8, 4) is 0 Å². The maximum atomic E-state index is 12.6. The number of hydrogen-bond donors (Lipinski definition) is 1. The Morgan fingerprint density at radius 1 is 1.18 bits per heavy atom. The molecule has 1 heterocycles. The maximum absolute atomic E-state index is 12.6. The largest absolute Gasteiger partial charge is 0.347 e. The van der Waals surface area contributed by atoms with Crippen molar-refractivity contribution in [2.75, 3.05) is 20.1 Å². The Balaban J connectivity index is 1.87. The molecule has 1 atom stereocenters. The molecule has 1 unspecified atom stereocenters. The molecule has 3 rings (SSSR count). The standard InChI is InChI=1S/C19H24N2O/c1-19(2,20-18(22)15-11-12-21(3)13-15)17-10-6-8-14-7-4-5-9-16(14)17/h4-10,15H,11-13H2,1-3H3,(H,20,22). The summed E-state index contributed by atoms with van der Waals surface area (Å²) in [5.74, 6) is 0.279. The molecular weight excluding hydrogens is 272 g/mol. The van der Waals surface area contributed by atoms with Gasteiger partial charge in [0.15, 0.2) is 0 Å². The van der Waals surface area contributed by atoms with Crippen LogP contribution in [-0.2, 0) is 10.3 Å². The summed E-state index contributed by atoms with van der Waals surface area (Å²) >= 11 is 0. The molecule has 2 aromatic carbocycles. The number of benzene rings is 2. The number of hydrogen-bond acceptors (Lipinski definition) is 2. The van der Waals surface area contributed by atoms with Crippen LogP contribution in [0.25, 0.3) is 10.8 Å². The van der Waals surface area contributed by atoms with Gasteiger partial charge in [0.1, 0.15) is 0 Å². The van der Waals surface area contributed by atoms with Crippen LogP contribution < -0.4 is 5.32 Å². The third-order valence-electron chi connectivity index (χ3n) is 4.66. The quantitative estimate of drug-likeness (QED) is 0.943. The van der Waals surface area contributed by atoms with Gasteiger partial charge < -0.3 is 10.2 Å². The summed E-state index contributed by atoms with van der Waals surface area (Å²) in [6.45, 7) is 6.04. The van der Waals surface area contributed by atoms with Crippen molar-refractivity contribution in [3.05, 3.63) is 48.0 Å². The lowest BCUT2D eigenvalue weighted by Crippen LogP contribution is -2.44. The zero-order chi connectivity index (χ0) is 15.7. The second kappa shape index (κ2) is 5.73. The van der Waals surface area contributed by atoms with Crippen LogP contribution in [0.5, 0.6) is 0 Å². The Morgan fingerprint density at radius 3 is 2.64 bits per heavy atom. The van der Waals surface area contributed by atoms with E-state index in [0.717, 1.165) is 19.5 Å². The normalized spacial score (nSPS) is 19.5. The summed E-state index contributed by atoms with van der Waals surface area (Å²) in [6.07, 6.45) is 0.952. The molecule has 0 spiro atoms. The predicted octanol–water partition coefficient (Wildman–Crippen LogP) is 3.14. The second-order valence-corrected chi connectivity index (χ2v) is 6.89. The van der Waals surface area contributed by atoms with Crippen molar-refractivity contribution < 1.29 is 4.79 Å². The van der Waals surface area contributed by atoms with E-state index in [2.05, 4.69) is 67.5 Å². The van der Waals surface area contributed by atoms with Crippen molar-refractivity contribution in [2.45, 2.75) is 25.8 Å². The molecule has 1 aliphatic rings. The fourth-order valence-electron chi connectivity index (χ4n) is 3.40. The Kier molecular flexibility index (Phi) is 3.92. The Bertz CT molecular complexity index is 687. The lowest BCUT2D eigenvalue weighted by Gasteiger charge is -2.29. The Hall–Kier alpha value is -1.87. The highest BCUT2D eigenvalue weighted by Gasteiger charge is 2.31. The number of carbonyl (C=O) groups is 1. The van der Waals surface area contributed by atoms with Crippen molar-refractivity contribution >= 4 is 16.7 Å². The first-order valence-electron chi connectivity index (χ1n) is 7.96. The van der Waals surface area contributed by atoms with Gasteiger partial charge in [-0.2, -0.15) is 0 Å². The van der Waals surface area contributed by atoms with Gasteiger partial charge in [0.2, 0.25) is 5.91 Å². The molecule has 2 aromatic rings. The van der Waals surface area contributed by atoms with Crippen LogP contribution in [0, 0.1) is 5.92 Å². The van der Waals surface area contributed by atoms with Gasteiger partial charge in [-0.1, -0.05) is 42.5 Å². The van der Waals surface area contributed by atoms with Gasteiger partial charge in [-0.05, 0) is 50.2 Å². The minimum absolute atomic E-state index is 0.110. The number of rotatable bonds is 3. The van der Waals surface area contributed by atoms with Crippen LogP contribution in [0.2, 0.25) is 0 Å². The van der Waals surface area contributed by atoms with Crippen LogP contribution in [0.3, 0.4) is 0 Å². The summed E-state index contributed by atoms with van der Waals surface area (Å²) in [4.78, 5) is 14.8. The fourth-order valence-corrected chi connectivity index (χ4v) is 3.40. The van der Waals surface area contributed by atoms with Crippen molar-refractivity contribution in [2.24, 2.45) is 5.92 Å². The number of carbonyl (C=O) groups excluding carboxylic acids is 1. The van der Waals surface area contributed by atoms with Gasteiger partial charge in [0.05, 0.1) is 11.5 Å². The highest BCUT2D eigenvalue weighted by Crippen LogP contribution is 2.29. The van der Waals surface area contributed by atoms with Crippen LogP contribution in [-0.4, -0.2) is 30.9 Å². The third kappa shape index (κ3) is 2.86. The topological polar surface area (TPSA) is 32.3 Å². The van der Waals surface area contributed by atoms with Gasteiger partial charge in [0.25, 0.3) is 0 Å². The molecule has 116 valence electrons. The molecule has 22 heavy (non-hydrogen) atoms. The molecule has 0 radical (unpaired) electrons. The number of likely N-dealkylation sites (tertiary alicyclic amines) is 1. The summed E-state index contributed by atoms with van der Waals surface area (Å²) in [5.41, 5.74) is 0.796. The van der Waals surface area contributed by atoms with E-state index in [-0.39, 0.29) is 17.4 Å². The average molecular weight is 296 g/mol. The monoisotopic (exact) mass is 296 g/mol. The second-order valence-electron chi connectivity index (χ2n) is 6.89.